The van der Waals surface area contributed by atoms with Gasteiger partial charge in [0.05, 0.1) is 11.1 Å². The van der Waals surface area contributed by atoms with Crippen LogP contribution in [-0.2, 0) is 16.3 Å². The van der Waals surface area contributed by atoms with E-state index in [1.807, 2.05) is 27.7 Å². The number of carbonyl (C=O) groups excluding carboxylic acids is 1. The lowest BCUT2D eigenvalue weighted by atomic mass is 9.92. The smallest absolute Gasteiger partial charge is 0.168 e. The summed E-state index contributed by atoms with van der Waals surface area (Å²) in [7, 11) is 0. The number of pyridine rings is 1. The fraction of sp³-hybridized carbons (Fsp3) is 0.500. The summed E-state index contributed by atoms with van der Waals surface area (Å²) in [6.45, 7) is 7.47. The number of carbonyl (C=O) groups is 1. The van der Waals surface area contributed by atoms with Gasteiger partial charge in [-0.15, -0.1) is 10.3 Å². The van der Waals surface area contributed by atoms with E-state index in [2.05, 4.69) is 4.98 Å². The van der Waals surface area contributed by atoms with Crippen LogP contribution in [0.25, 0.3) is 0 Å². The number of nitrogens with zero attached hydrogens (tertiary/aromatic N) is 2. The van der Waals surface area contributed by atoms with Crippen LogP contribution in [0, 0.1) is 0 Å². The number of aromatic nitrogens is 1. The Balaban J connectivity index is 2.70. The van der Waals surface area contributed by atoms with E-state index in [0.29, 0.717) is 12.0 Å². The molecule has 0 saturated heterocycles. The van der Waals surface area contributed by atoms with E-state index in [1.54, 1.807) is 12.3 Å². The van der Waals surface area contributed by atoms with Crippen molar-refractivity contribution in [2.24, 2.45) is 0 Å². The molecule has 2 heterocycles. The van der Waals surface area contributed by atoms with Gasteiger partial charge in [0, 0.05) is 6.20 Å². The first kappa shape index (κ1) is 11.2. The van der Waals surface area contributed by atoms with Gasteiger partial charge in [0.1, 0.15) is 5.69 Å². The van der Waals surface area contributed by atoms with Crippen molar-refractivity contribution in [2.75, 3.05) is 0 Å². The fourth-order valence-electron chi connectivity index (χ4n) is 2.45. The molecule has 0 unspecified atom stereocenters. The summed E-state index contributed by atoms with van der Waals surface area (Å²) in [5.41, 5.74) is 0.966. The zero-order valence-electron chi connectivity index (χ0n) is 9.94. The summed E-state index contributed by atoms with van der Waals surface area (Å²) in [6.07, 6.45) is 2.34. The van der Waals surface area contributed by atoms with Crippen molar-refractivity contribution >= 4 is 6.29 Å². The second-order valence-electron chi connectivity index (χ2n) is 5.19. The first-order valence-electron chi connectivity index (χ1n) is 5.25. The number of hydroxylamine groups is 2. The molecule has 1 aromatic rings. The Labute approximate surface area is 94.9 Å². The molecule has 1 radical (unpaired) electrons. The normalized spacial score (nSPS) is 21.8. The Kier molecular flexibility index (Phi) is 2.19. The average molecular weight is 219 g/mol. The van der Waals surface area contributed by atoms with E-state index < -0.39 is 11.1 Å². The highest BCUT2D eigenvalue weighted by molar-refractivity contribution is 5.72. The summed E-state index contributed by atoms with van der Waals surface area (Å²) in [4.78, 5) is 14.7. The van der Waals surface area contributed by atoms with Gasteiger partial charge in [-0.3, -0.25) is 9.78 Å². The van der Waals surface area contributed by atoms with Crippen molar-refractivity contribution < 1.29 is 10.0 Å². The lowest BCUT2D eigenvalue weighted by molar-refractivity contribution is -0.266. The molecule has 0 saturated carbocycles. The summed E-state index contributed by atoms with van der Waals surface area (Å²) in [5.74, 6) is 0. The van der Waals surface area contributed by atoms with Gasteiger partial charge < -0.3 is 0 Å². The van der Waals surface area contributed by atoms with Crippen molar-refractivity contribution in [1.82, 2.24) is 10.0 Å². The molecule has 0 aromatic carbocycles. The molecule has 85 valence electrons. The molecular formula is C12H15N2O2. The van der Waals surface area contributed by atoms with Crippen LogP contribution in [0.5, 0.6) is 0 Å². The Morgan fingerprint density at radius 2 is 1.75 bits per heavy atom. The Bertz CT molecular complexity index is 452. The van der Waals surface area contributed by atoms with E-state index in [9.17, 15) is 10.0 Å². The Morgan fingerprint density at radius 3 is 2.31 bits per heavy atom. The van der Waals surface area contributed by atoms with E-state index in [0.717, 1.165) is 16.2 Å². The van der Waals surface area contributed by atoms with Crippen molar-refractivity contribution in [3.63, 3.8) is 0 Å². The van der Waals surface area contributed by atoms with Gasteiger partial charge in [-0.2, -0.15) is 0 Å². The van der Waals surface area contributed by atoms with Crippen LogP contribution in [0.1, 0.15) is 49.3 Å². The molecule has 0 spiro atoms. The maximum atomic E-state index is 12.2. The molecule has 1 aliphatic rings. The largest absolute Gasteiger partial charge is 0.296 e. The highest BCUT2D eigenvalue weighted by atomic mass is 16.5. The van der Waals surface area contributed by atoms with Gasteiger partial charge in [0.25, 0.3) is 0 Å². The fourth-order valence-corrected chi connectivity index (χ4v) is 2.45. The van der Waals surface area contributed by atoms with Crippen LogP contribution in [0.2, 0.25) is 0 Å². The molecule has 1 aromatic heterocycles. The number of hydrogen-bond acceptors (Lipinski definition) is 3. The third kappa shape index (κ3) is 1.23. The third-order valence-electron chi connectivity index (χ3n) is 3.38. The minimum absolute atomic E-state index is 0.373. The van der Waals surface area contributed by atoms with E-state index in [-0.39, 0.29) is 0 Å². The SMILES string of the molecule is CC1(C)c2cnc(C=O)cc2C(C)(C)N1[O]. The quantitative estimate of drug-likeness (QED) is 0.679. The zero-order chi connectivity index (χ0) is 12.1. The number of fused-ring (bicyclic) bond motifs is 1. The molecule has 16 heavy (non-hydrogen) atoms. The maximum Gasteiger partial charge on any atom is 0.168 e. The van der Waals surface area contributed by atoms with Gasteiger partial charge >= 0.3 is 0 Å². The first-order valence-corrected chi connectivity index (χ1v) is 5.25. The van der Waals surface area contributed by atoms with Crippen LogP contribution in [0.4, 0.5) is 0 Å². The van der Waals surface area contributed by atoms with Crippen LogP contribution < -0.4 is 0 Å². The molecule has 0 bridgehead atoms. The zero-order valence-corrected chi connectivity index (χ0v) is 9.94. The second kappa shape index (κ2) is 3.12. The Hall–Kier alpha value is -1.26. The monoisotopic (exact) mass is 219 g/mol. The highest BCUT2D eigenvalue weighted by Gasteiger charge is 2.50. The highest BCUT2D eigenvalue weighted by Crippen LogP contribution is 2.47. The molecule has 1 aliphatic heterocycles. The van der Waals surface area contributed by atoms with Gasteiger partial charge in [-0.05, 0) is 44.9 Å². The van der Waals surface area contributed by atoms with Gasteiger partial charge in [0.15, 0.2) is 6.29 Å². The molecule has 0 fully saturated rings. The molecule has 0 atom stereocenters. The van der Waals surface area contributed by atoms with Crippen molar-refractivity contribution in [1.29, 1.82) is 0 Å². The van der Waals surface area contributed by atoms with E-state index in [1.165, 1.54) is 0 Å². The molecule has 0 aliphatic carbocycles. The van der Waals surface area contributed by atoms with Gasteiger partial charge in [0.2, 0.25) is 0 Å². The summed E-state index contributed by atoms with van der Waals surface area (Å²) in [5, 5.41) is 13.3. The maximum absolute atomic E-state index is 12.2. The molecule has 2 rings (SSSR count). The summed E-state index contributed by atoms with van der Waals surface area (Å²) in [6, 6.07) is 1.71. The molecule has 4 heteroatoms. The van der Waals surface area contributed by atoms with Crippen molar-refractivity contribution in [3.8, 4) is 0 Å². The van der Waals surface area contributed by atoms with Gasteiger partial charge in [-0.1, -0.05) is 0 Å². The molecule has 4 nitrogen and oxygen atoms in total. The van der Waals surface area contributed by atoms with Crippen molar-refractivity contribution in [2.45, 2.75) is 38.8 Å². The molecule has 0 amide bonds. The number of hydrogen-bond donors (Lipinski definition) is 0. The lowest BCUT2D eigenvalue weighted by Crippen LogP contribution is -2.41. The second-order valence-corrected chi connectivity index (χ2v) is 5.19. The van der Waals surface area contributed by atoms with Crippen LogP contribution in [-0.4, -0.2) is 16.3 Å². The third-order valence-corrected chi connectivity index (χ3v) is 3.38. The van der Waals surface area contributed by atoms with Gasteiger partial charge in [-0.25, -0.2) is 0 Å². The van der Waals surface area contributed by atoms with Crippen LogP contribution in [0.3, 0.4) is 0 Å². The molecule has 0 N–H and O–H groups in total. The van der Waals surface area contributed by atoms with E-state index in [4.69, 9.17) is 0 Å². The molecular weight excluding hydrogens is 204 g/mol. The lowest BCUT2D eigenvalue weighted by Gasteiger charge is -2.32. The van der Waals surface area contributed by atoms with Crippen molar-refractivity contribution in [3.05, 3.63) is 29.1 Å². The minimum Gasteiger partial charge on any atom is -0.296 e. The topological polar surface area (TPSA) is 53.1 Å². The summed E-state index contributed by atoms with van der Waals surface area (Å²) < 4.78 is 0. The Morgan fingerprint density at radius 1 is 1.19 bits per heavy atom. The standard InChI is InChI=1S/C12H15N2O2/c1-11(2)9-5-8(7-15)13-6-10(9)12(3,4)14(11)16/h5-7H,1-4H3. The average Bonchev–Trinajstić information content (AvgIpc) is 2.38. The van der Waals surface area contributed by atoms with E-state index >= 15 is 0 Å². The predicted octanol–water partition coefficient (Wildman–Crippen LogP) is 2.03. The predicted molar refractivity (Wildman–Crippen MR) is 58.2 cm³/mol. The van der Waals surface area contributed by atoms with Crippen LogP contribution in [0.15, 0.2) is 12.3 Å². The number of aldehydes is 1. The number of rotatable bonds is 1. The summed E-state index contributed by atoms with van der Waals surface area (Å²) >= 11 is 0. The first-order chi connectivity index (χ1) is 7.31. The minimum atomic E-state index is -0.612. The van der Waals surface area contributed by atoms with Crippen LogP contribution >= 0.6 is 0 Å².